The Bertz CT molecular complexity index is 885. The van der Waals surface area contributed by atoms with Crippen LogP contribution in [0.5, 0.6) is 0 Å². The van der Waals surface area contributed by atoms with E-state index in [1.807, 2.05) is 6.07 Å². The van der Waals surface area contributed by atoms with Crippen LogP contribution in [0, 0.1) is 11.3 Å². The van der Waals surface area contributed by atoms with Crippen LogP contribution < -0.4 is 0 Å². The van der Waals surface area contributed by atoms with Crippen LogP contribution in [0.1, 0.15) is 43.2 Å². The molecule has 8 heteroatoms. The minimum atomic E-state index is -4.70. The molecule has 0 aliphatic heterocycles. The molecule has 1 aromatic heterocycles. The molecule has 0 unspecified atom stereocenters. The van der Waals surface area contributed by atoms with Crippen LogP contribution in [0.25, 0.3) is 0 Å². The van der Waals surface area contributed by atoms with E-state index in [2.05, 4.69) is 4.98 Å². The third-order valence-corrected chi connectivity index (χ3v) is 4.69. The molecule has 0 fully saturated rings. The van der Waals surface area contributed by atoms with Gasteiger partial charge in [0.2, 0.25) is 0 Å². The topological polar surface area (TPSA) is 63.0 Å². The number of alkyl halides is 3. The van der Waals surface area contributed by atoms with E-state index in [1.54, 1.807) is 51.1 Å². The summed E-state index contributed by atoms with van der Waals surface area (Å²) in [5, 5.41) is 9.13. The van der Waals surface area contributed by atoms with E-state index in [0.717, 1.165) is 23.4 Å². The Morgan fingerprint density at radius 3 is 2.39 bits per heavy atom. The van der Waals surface area contributed by atoms with Crippen molar-refractivity contribution < 1.29 is 22.7 Å². The Kier molecular flexibility index (Phi) is 6.73. The molecule has 0 bridgehead atoms. The number of halogens is 3. The minimum Gasteiger partial charge on any atom is -0.460 e. The van der Waals surface area contributed by atoms with Crippen LogP contribution in [0.2, 0.25) is 0 Å². The van der Waals surface area contributed by atoms with Gasteiger partial charge in [0.25, 0.3) is 0 Å². The van der Waals surface area contributed by atoms with E-state index in [0.29, 0.717) is 0 Å². The van der Waals surface area contributed by atoms with Gasteiger partial charge < -0.3 is 4.74 Å². The van der Waals surface area contributed by atoms with Gasteiger partial charge in [0.05, 0.1) is 16.9 Å². The fourth-order valence-electron chi connectivity index (χ4n) is 2.25. The van der Waals surface area contributed by atoms with E-state index in [4.69, 9.17) is 4.74 Å². The van der Waals surface area contributed by atoms with E-state index in [1.165, 1.54) is 0 Å². The Balaban J connectivity index is 2.21. The van der Waals surface area contributed by atoms with Crippen molar-refractivity contribution in [1.29, 1.82) is 5.26 Å². The number of aromatic nitrogens is 1. The molecule has 0 N–H and O–H groups in total. The van der Waals surface area contributed by atoms with Crippen LogP contribution in [0.4, 0.5) is 13.2 Å². The summed E-state index contributed by atoms with van der Waals surface area (Å²) in [6.07, 6.45) is -4.70. The summed E-state index contributed by atoms with van der Waals surface area (Å²) in [5.41, 5.74) is -1.29. The van der Waals surface area contributed by atoms with Crippen molar-refractivity contribution in [3.63, 3.8) is 0 Å². The zero-order valence-electron chi connectivity index (χ0n) is 15.6. The van der Waals surface area contributed by atoms with Crippen molar-refractivity contribution in [2.24, 2.45) is 0 Å². The fourth-order valence-corrected chi connectivity index (χ4v) is 3.05. The van der Waals surface area contributed by atoms with Crippen molar-refractivity contribution in [1.82, 2.24) is 4.98 Å². The number of benzene rings is 1. The number of hydrogen-bond acceptors (Lipinski definition) is 5. The molecule has 0 radical (unpaired) electrons. The summed E-state index contributed by atoms with van der Waals surface area (Å²) in [6.45, 7) is 5.24. The van der Waals surface area contributed by atoms with Gasteiger partial charge in [-0.05, 0) is 11.6 Å². The molecule has 0 saturated heterocycles. The first-order valence-corrected chi connectivity index (χ1v) is 9.36. The van der Waals surface area contributed by atoms with E-state index in [9.17, 15) is 23.2 Å². The average Bonchev–Trinajstić information content (AvgIpc) is 2.63. The average molecular weight is 408 g/mol. The number of ether oxygens (including phenoxy) is 1. The van der Waals surface area contributed by atoms with Crippen molar-refractivity contribution in [3.05, 3.63) is 58.8 Å². The van der Waals surface area contributed by atoms with Crippen molar-refractivity contribution >= 4 is 17.7 Å². The second kappa shape index (κ2) is 8.65. The minimum absolute atomic E-state index is 0.0641. The monoisotopic (exact) mass is 408 g/mol. The normalized spacial score (nSPS) is 11.8. The second-order valence-electron chi connectivity index (χ2n) is 7.03. The quantitative estimate of drug-likeness (QED) is 0.508. The van der Waals surface area contributed by atoms with Crippen molar-refractivity contribution in [3.8, 4) is 6.07 Å². The fraction of sp³-hybridized carbons (Fsp3) is 0.350. The molecule has 0 atom stereocenters. The lowest BCUT2D eigenvalue weighted by molar-refractivity contribution is -0.141. The zero-order valence-corrected chi connectivity index (χ0v) is 16.4. The second-order valence-corrected chi connectivity index (χ2v) is 7.99. The SMILES string of the molecule is CC(C)(C)c1cc(C(F)(F)F)c(C#N)c(SCC(=O)OCc2ccccc2)n1. The molecular formula is C20H19F3N2O2S. The first-order valence-electron chi connectivity index (χ1n) is 8.37. The standard InChI is InChI=1S/C20H19F3N2O2S/c1-19(2,3)16-9-15(20(21,22)23)14(10-24)18(25-16)28-12-17(26)27-11-13-7-5-4-6-8-13/h4-9H,11-12H2,1-3H3. The molecule has 1 heterocycles. The largest absolute Gasteiger partial charge is 0.460 e. The lowest BCUT2D eigenvalue weighted by Gasteiger charge is -2.21. The predicted molar refractivity (Wildman–Crippen MR) is 99.6 cm³/mol. The summed E-state index contributed by atoms with van der Waals surface area (Å²) < 4.78 is 45.4. The lowest BCUT2D eigenvalue weighted by atomic mass is 9.90. The van der Waals surface area contributed by atoms with Crippen LogP contribution >= 0.6 is 11.8 Å². The van der Waals surface area contributed by atoms with Gasteiger partial charge in [-0.3, -0.25) is 4.79 Å². The highest BCUT2D eigenvalue weighted by atomic mass is 32.2. The molecule has 0 amide bonds. The first kappa shape index (κ1) is 21.8. The van der Waals surface area contributed by atoms with Crippen molar-refractivity contribution in [2.45, 2.75) is 44.0 Å². The number of pyridine rings is 1. The third-order valence-electron chi connectivity index (χ3n) is 3.74. The summed E-state index contributed by atoms with van der Waals surface area (Å²) in [7, 11) is 0. The molecular weight excluding hydrogens is 389 g/mol. The molecule has 0 aliphatic carbocycles. The van der Waals surface area contributed by atoms with Gasteiger partial charge in [-0.15, -0.1) is 0 Å². The molecule has 148 valence electrons. The lowest BCUT2D eigenvalue weighted by Crippen LogP contribution is -2.19. The van der Waals surface area contributed by atoms with Crippen LogP contribution in [-0.4, -0.2) is 16.7 Å². The first-order chi connectivity index (χ1) is 13.0. The van der Waals surface area contributed by atoms with Gasteiger partial charge in [-0.1, -0.05) is 62.9 Å². The summed E-state index contributed by atoms with van der Waals surface area (Å²) >= 11 is 0.767. The highest BCUT2D eigenvalue weighted by molar-refractivity contribution is 7.99. The van der Waals surface area contributed by atoms with Gasteiger partial charge in [0.1, 0.15) is 17.7 Å². The highest BCUT2D eigenvalue weighted by Crippen LogP contribution is 2.38. The maximum atomic E-state index is 13.4. The summed E-state index contributed by atoms with van der Waals surface area (Å²) in [6, 6.07) is 11.5. The van der Waals surface area contributed by atoms with E-state index < -0.39 is 28.7 Å². The van der Waals surface area contributed by atoms with Gasteiger partial charge in [0.15, 0.2) is 0 Å². The van der Waals surface area contributed by atoms with Crippen LogP contribution in [0.3, 0.4) is 0 Å². The van der Waals surface area contributed by atoms with Gasteiger partial charge in [0, 0.05) is 11.1 Å². The molecule has 2 rings (SSSR count). The molecule has 0 spiro atoms. The van der Waals surface area contributed by atoms with E-state index in [-0.39, 0.29) is 23.1 Å². The number of rotatable bonds is 5. The molecule has 0 saturated carbocycles. The number of nitriles is 1. The molecule has 4 nitrogen and oxygen atoms in total. The predicted octanol–water partition coefficient (Wildman–Crippen LogP) is 5.11. The number of carbonyl (C=O) groups is 1. The molecule has 0 aliphatic rings. The number of esters is 1. The van der Waals surface area contributed by atoms with Crippen LogP contribution in [0.15, 0.2) is 41.4 Å². The van der Waals surface area contributed by atoms with Gasteiger partial charge >= 0.3 is 12.1 Å². The number of thioether (sulfide) groups is 1. The van der Waals surface area contributed by atoms with Crippen LogP contribution in [-0.2, 0) is 27.7 Å². The summed E-state index contributed by atoms with van der Waals surface area (Å²) in [4.78, 5) is 16.2. The van der Waals surface area contributed by atoms with Gasteiger partial charge in [-0.25, -0.2) is 4.98 Å². The Labute approximate surface area is 165 Å². The Hall–Kier alpha value is -2.53. The Morgan fingerprint density at radius 2 is 1.86 bits per heavy atom. The van der Waals surface area contributed by atoms with E-state index >= 15 is 0 Å². The maximum Gasteiger partial charge on any atom is 0.417 e. The third kappa shape index (κ3) is 5.73. The highest BCUT2D eigenvalue weighted by Gasteiger charge is 2.37. The van der Waals surface area contributed by atoms with Gasteiger partial charge in [-0.2, -0.15) is 18.4 Å². The number of carbonyl (C=O) groups excluding carboxylic acids is 1. The maximum absolute atomic E-state index is 13.4. The summed E-state index contributed by atoms with van der Waals surface area (Å²) in [5.74, 6) is -0.853. The van der Waals surface area contributed by atoms with Crippen molar-refractivity contribution in [2.75, 3.05) is 5.75 Å². The Morgan fingerprint density at radius 1 is 1.21 bits per heavy atom. The number of nitrogens with zero attached hydrogens (tertiary/aromatic N) is 2. The molecule has 28 heavy (non-hydrogen) atoms. The molecule has 1 aromatic carbocycles. The molecule has 2 aromatic rings. The zero-order chi connectivity index (χ0) is 20.9. The smallest absolute Gasteiger partial charge is 0.417 e. The number of hydrogen-bond donors (Lipinski definition) is 0.